The molecule has 1 saturated heterocycles. The molecular formula is C13H20N2O4. The second-order valence-corrected chi connectivity index (χ2v) is 5.56. The molecule has 2 aliphatic rings. The molecule has 1 aliphatic carbocycles. The molecule has 0 aromatic rings. The minimum Gasteiger partial charge on any atom is -0.481 e. The van der Waals surface area contributed by atoms with Crippen molar-refractivity contribution in [3.63, 3.8) is 0 Å². The van der Waals surface area contributed by atoms with Crippen molar-refractivity contribution in [3.05, 3.63) is 0 Å². The summed E-state index contributed by atoms with van der Waals surface area (Å²) in [6.45, 7) is 2.23. The molecule has 2 rings (SSSR count). The summed E-state index contributed by atoms with van der Waals surface area (Å²) in [4.78, 5) is 12.9. The standard InChI is InChI=1S/C13H20N2O4/c14-7-11-8-15(5-6-19-11)9-13(18)3-1-10(2-4-13)12(16)17/h10-11,18H,1-6,8-9H2,(H,16,17). The Labute approximate surface area is 112 Å². The summed E-state index contributed by atoms with van der Waals surface area (Å²) < 4.78 is 5.27. The summed E-state index contributed by atoms with van der Waals surface area (Å²) in [5.74, 6) is -1.09. The fourth-order valence-corrected chi connectivity index (χ4v) is 2.90. The van der Waals surface area contributed by atoms with Crippen molar-refractivity contribution < 1.29 is 19.7 Å². The molecule has 19 heavy (non-hydrogen) atoms. The zero-order valence-electron chi connectivity index (χ0n) is 10.9. The first kappa shape index (κ1) is 14.3. The van der Waals surface area contributed by atoms with Gasteiger partial charge < -0.3 is 14.9 Å². The van der Waals surface area contributed by atoms with E-state index in [1.165, 1.54) is 0 Å². The number of rotatable bonds is 3. The lowest BCUT2D eigenvalue weighted by Gasteiger charge is -2.40. The van der Waals surface area contributed by atoms with Crippen molar-refractivity contribution in [1.29, 1.82) is 5.26 Å². The summed E-state index contributed by atoms with van der Waals surface area (Å²) in [6.07, 6.45) is 1.65. The lowest BCUT2D eigenvalue weighted by atomic mass is 9.78. The fraction of sp³-hybridized carbons (Fsp3) is 0.846. The van der Waals surface area contributed by atoms with Gasteiger partial charge in [-0.25, -0.2) is 0 Å². The Balaban J connectivity index is 1.85. The Bertz CT molecular complexity index is 371. The van der Waals surface area contributed by atoms with Crippen LogP contribution in [0.25, 0.3) is 0 Å². The lowest BCUT2D eigenvalue weighted by Crippen LogP contribution is -2.51. The molecule has 1 atom stereocenters. The van der Waals surface area contributed by atoms with E-state index in [-0.39, 0.29) is 5.92 Å². The van der Waals surface area contributed by atoms with Gasteiger partial charge in [-0.05, 0) is 25.7 Å². The van der Waals surface area contributed by atoms with Gasteiger partial charge >= 0.3 is 5.97 Å². The van der Waals surface area contributed by atoms with Gasteiger partial charge in [0.05, 0.1) is 24.2 Å². The van der Waals surface area contributed by atoms with Gasteiger partial charge in [0.15, 0.2) is 6.10 Å². The van der Waals surface area contributed by atoms with Gasteiger partial charge in [-0.1, -0.05) is 0 Å². The average molecular weight is 268 g/mol. The molecule has 0 amide bonds. The quantitative estimate of drug-likeness (QED) is 0.760. The fourth-order valence-electron chi connectivity index (χ4n) is 2.90. The number of ether oxygens (including phenoxy) is 1. The topological polar surface area (TPSA) is 93.8 Å². The number of carbonyl (C=O) groups is 1. The van der Waals surface area contributed by atoms with Gasteiger partial charge in [0, 0.05) is 19.6 Å². The van der Waals surface area contributed by atoms with Crippen LogP contribution < -0.4 is 0 Å². The summed E-state index contributed by atoms with van der Waals surface area (Å²) >= 11 is 0. The maximum absolute atomic E-state index is 10.9. The Kier molecular flexibility index (Phi) is 4.40. The smallest absolute Gasteiger partial charge is 0.306 e. The number of β-amino-alcohol motifs (C(OH)–C–C–N with tert-alkyl or cyclic N) is 1. The van der Waals surface area contributed by atoms with E-state index in [2.05, 4.69) is 6.07 Å². The molecule has 0 aromatic carbocycles. The van der Waals surface area contributed by atoms with Gasteiger partial charge in [0.2, 0.25) is 0 Å². The van der Waals surface area contributed by atoms with Crippen LogP contribution in [0.3, 0.4) is 0 Å². The highest BCUT2D eigenvalue weighted by Crippen LogP contribution is 2.33. The molecule has 1 aliphatic heterocycles. The van der Waals surface area contributed by atoms with Crippen molar-refractivity contribution in [3.8, 4) is 6.07 Å². The van der Waals surface area contributed by atoms with Crippen LogP contribution in [0.4, 0.5) is 0 Å². The Hall–Kier alpha value is -1.16. The molecule has 1 heterocycles. The second kappa shape index (κ2) is 5.87. The van der Waals surface area contributed by atoms with Crippen LogP contribution in [0.1, 0.15) is 25.7 Å². The highest BCUT2D eigenvalue weighted by Gasteiger charge is 2.37. The average Bonchev–Trinajstić information content (AvgIpc) is 2.39. The zero-order valence-corrected chi connectivity index (χ0v) is 10.9. The third-order valence-corrected chi connectivity index (χ3v) is 4.08. The van der Waals surface area contributed by atoms with Gasteiger partial charge in [0.25, 0.3) is 0 Å². The van der Waals surface area contributed by atoms with Crippen LogP contribution in [-0.2, 0) is 9.53 Å². The SMILES string of the molecule is N#CC1CN(CC2(O)CCC(C(=O)O)CC2)CCO1. The maximum atomic E-state index is 10.9. The monoisotopic (exact) mass is 268 g/mol. The van der Waals surface area contributed by atoms with Crippen LogP contribution in [0.5, 0.6) is 0 Å². The molecule has 2 N–H and O–H groups in total. The van der Waals surface area contributed by atoms with E-state index >= 15 is 0 Å². The normalized spacial score (nSPS) is 36.6. The minimum atomic E-state index is -0.816. The molecular weight excluding hydrogens is 248 g/mol. The molecule has 0 aromatic heterocycles. The third-order valence-electron chi connectivity index (χ3n) is 4.08. The molecule has 6 nitrogen and oxygen atoms in total. The highest BCUT2D eigenvalue weighted by molar-refractivity contribution is 5.70. The van der Waals surface area contributed by atoms with Crippen LogP contribution in [0.2, 0.25) is 0 Å². The molecule has 2 fully saturated rings. The molecule has 6 heteroatoms. The van der Waals surface area contributed by atoms with Gasteiger partial charge in [-0.2, -0.15) is 5.26 Å². The number of aliphatic carboxylic acids is 1. The highest BCUT2D eigenvalue weighted by atomic mass is 16.5. The van der Waals surface area contributed by atoms with Crippen LogP contribution in [0, 0.1) is 17.2 Å². The van der Waals surface area contributed by atoms with Gasteiger partial charge in [0.1, 0.15) is 0 Å². The number of morpholine rings is 1. The second-order valence-electron chi connectivity index (χ2n) is 5.56. The first-order chi connectivity index (χ1) is 9.02. The summed E-state index contributed by atoms with van der Waals surface area (Å²) in [5, 5.41) is 28.3. The van der Waals surface area contributed by atoms with Crippen molar-refractivity contribution in [2.45, 2.75) is 37.4 Å². The van der Waals surface area contributed by atoms with E-state index in [0.29, 0.717) is 51.9 Å². The molecule has 0 spiro atoms. The Morgan fingerprint density at radius 2 is 2.16 bits per heavy atom. The van der Waals surface area contributed by atoms with Crippen molar-refractivity contribution in [1.82, 2.24) is 4.90 Å². The first-order valence-corrected chi connectivity index (χ1v) is 6.71. The Morgan fingerprint density at radius 3 is 2.74 bits per heavy atom. The van der Waals surface area contributed by atoms with Gasteiger partial charge in [-0.15, -0.1) is 0 Å². The summed E-state index contributed by atoms with van der Waals surface area (Å²) in [6, 6.07) is 2.08. The van der Waals surface area contributed by atoms with E-state index < -0.39 is 17.7 Å². The number of aliphatic hydroxyl groups is 1. The number of hydrogen-bond acceptors (Lipinski definition) is 5. The van der Waals surface area contributed by atoms with Gasteiger partial charge in [-0.3, -0.25) is 9.69 Å². The minimum absolute atomic E-state index is 0.322. The molecule has 106 valence electrons. The summed E-state index contributed by atoms with van der Waals surface area (Å²) in [7, 11) is 0. The van der Waals surface area contributed by atoms with E-state index in [0.717, 1.165) is 0 Å². The van der Waals surface area contributed by atoms with Crippen LogP contribution in [-0.4, -0.2) is 59.0 Å². The predicted octanol–water partition coefficient (Wildman–Crippen LogP) is 0.217. The number of carboxylic acid groups (broad SMARTS) is 1. The zero-order chi connectivity index (χ0) is 13.9. The molecule has 0 bridgehead atoms. The van der Waals surface area contributed by atoms with E-state index in [9.17, 15) is 9.90 Å². The first-order valence-electron chi connectivity index (χ1n) is 6.71. The van der Waals surface area contributed by atoms with Crippen LogP contribution in [0.15, 0.2) is 0 Å². The van der Waals surface area contributed by atoms with Crippen LogP contribution >= 0.6 is 0 Å². The number of carboxylic acids is 1. The number of nitriles is 1. The molecule has 1 saturated carbocycles. The van der Waals surface area contributed by atoms with Crippen molar-refractivity contribution in [2.24, 2.45) is 5.92 Å². The van der Waals surface area contributed by atoms with Crippen molar-refractivity contribution >= 4 is 5.97 Å². The number of hydrogen-bond donors (Lipinski definition) is 2. The van der Waals surface area contributed by atoms with E-state index in [4.69, 9.17) is 15.1 Å². The van der Waals surface area contributed by atoms with E-state index in [1.54, 1.807) is 0 Å². The lowest BCUT2D eigenvalue weighted by molar-refractivity contribution is -0.145. The third kappa shape index (κ3) is 3.66. The van der Waals surface area contributed by atoms with Crippen molar-refractivity contribution in [2.75, 3.05) is 26.2 Å². The Morgan fingerprint density at radius 1 is 1.47 bits per heavy atom. The predicted molar refractivity (Wildman–Crippen MR) is 66.3 cm³/mol. The number of nitrogens with zero attached hydrogens (tertiary/aromatic N) is 2. The molecule has 0 radical (unpaired) electrons. The largest absolute Gasteiger partial charge is 0.481 e. The maximum Gasteiger partial charge on any atom is 0.306 e. The summed E-state index contributed by atoms with van der Waals surface area (Å²) in [5.41, 5.74) is -0.816. The molecule has 1 unspecified atom stereocenters. The van der Waals surface area contributed by atoms with E-state index in [1.807, 2.05) is 4.90 Å².